The van der Waals surface area contributed by atoms with Gasteiger partial charge in [-0.1, -0.05) is 25.0 Å². The lowest BCUT2D eigenvalue weighted by Crippen LogP contribution is -2.33. The Hall–Kier alpha value is -0.930. The Kier molecular flexibility index (Phi) is 4.13. The molecule has 0 saturated heterocycles. The summed E-state index contributed by atoms with van der Waals surface area (Å²) in [6.07, 6.45) is 3.86. The van der Waals surface area contributed by atoms with E-state index in [-0.39, 0.29) is 23.8 Å². The Balaban J connectivity index is 2.17. The first-order valence-corrected chi connectivity index (χ1v) is 6.36. The highest BCUT2D eigenvalue weighted by atomic mass is 19.1. The van der Waals surface area contributed by atoms with E-state index in [0.717, 1.165) is 31.2 Å². The van der Waals surface area contributed by atoms with Crippen LogP contribution in [0, 0.1) is 11.7 Å². The maximum Gasteiger partial charge on any atom is 0.123 e. The zero-order chi connectivity index (χ0) is 12.3. The first kappa shape index (κ1) is 12.5. The van der Waals surface area contributed by atoms with Gasteiger partial charge in [-0.15, -0.1) is 0 Å². The number of nitrogens with two attached hydrogens (primary N) is 1. The highest BCUT2D eigenvalue weighted by molar-refractivity contribution is 5.22. The Morgan fingerprint density at radius 1 is 1.24 bits per heavy atom. The zero-order valence-electron chi connectivity index (χ0n) is 9.98. The van der Waals surface area contributed by atoms with Crippen LogP contribution in [-0.4, -0.2) is 17.8 Å². The summed E-state index contributed by atoms with van der Waals surface area (Å²) < 4.78 is 12.9. The second-order valence-corrected chi connectivity index (χ2v) is 4.91. The summed E-state index contributed by atoms with van der Waals surface area (Å²) in [5.74, 6) is 0.138. The molecule has 1 fully saturated rings. The van der Waals surface area contributed by atoms with Crippen LogP contribution in [0.1, 0.15) is 37.2 Å². The average Bonchev–Trinajstić information content (AvgIpc) is 2.35. The van der Waals surface area contributed by atoms with Crippen molar-refractivity contribution in [3.05, 3.63) is 35.6 Å². The summed E-state index contributed by atoms with van der Waals surface area (Å²) >= 11 is 0. The largest absolute Gasteiger partial charge is 0.393 e. The van der Waals surface area contributed by atoms with E-state index in [1.165, 1.54) is 12.1 Å². The van der Waals surface area contributed by atoms with Crippen molar-refractivity contribution in [3.63, 3.8) is 0 Å². The summed E-state index contributed by atoms with van der Waals surface area (Å²) in [6, 6.07) is 6.50. The molecule has 0 bridgehead atoms. The van der Waals surface area contributed by atoms with E-state index in [2.05, 4.69) is 0 Å². The van der Waals surface area contributed by atoms with E-state index in [1.54, 1.807) is 12.1 Å². The average molecular weight is 237 g/mol. The number of benzene rings is 1. The maximum absolute atomic E-state index is 12.9. The van der Waals surface area contributed by atoms with Crippen molar-refractivity contribution in [2.45, 2.75) is 37.7 Å². The molecule has 0 aromatic heterocycles. The van der Waals surface area contributed by atoms with Crippen molar-refractivity contribution in [3.8, 4) is 0 Å². The van der Waals surface area contributed by atoms with Gasteiger partial charge in [0.25, 0.3) is 0 Å². The van der Waals surface area contributed by atoms with E-state index in [9.17, 15) is 9.50 Å². The van der Waals surface area contributed by atoms with Crippen LogP contribution in [-0.2, 0) is 0 Å². The van der Waals surface area contributed by atoms with Crippen molar-refractivity contribution < 1.29 is 9.50 Å². The quantitative estimate of drug-likeness (QED) is 0.848. The lowest BCUT2D eigenvalue weighted by molar-refractivity contribution is 0.0561. The standard InChI is InChI=1S/C14H20FNO/c15-11-7-5-10(6-8-11)13(9-16)12-3-1-2-4-14(12)17/h5-8,12-14,17H,1-4,9,16H2/t12?,13-,14-/m0/s1. The number of aliphatic hydroxyl groups is 1. The second kappa shape index (κ2) is 5.61. The van der Waals surface area contributed by atoms with Gasteiger partial charge in [0, 0.05) is 5.92 Å². The summed E-state index contributed by atoms with van der Waals surface area (Å²) in [4.78, 5) is 0. The molecule has 3 atom stereocenters. The van der Waals surface area contributed by atoms with Gasteiger partial charge in [0.2, 0.25) is 0 Å². The molecule has 2 nitrogen and oxygen atoms in total. The summed E-state index contributed by atoms with van der Waals surface area (Å²) in [5, 5.41) is 10.1. The Morgan fingerprint density at radius 2 is 1.88 bits per heavy atom. The molecule has 1 unspecified atom stereocenters. The molecule has 2 rings (SSSR count). The Bertz CT molecular complexity index is 352. The minimum atomic E-state index is -0.262. The van der Waals surface area contributed by atoms with Crippen molar-refractivity contribution in [1.29, 1.82) is 0 Å². The third-order valence-corrected chi connectivity index (χ3v) is 3.85. The zero-order valence-corrected chi connectivity index (χ0v) is 9.98. The molecule has 17 heavy (non-hydrogen) atoms. The molecule has 0 aliphatic heterocycles. The molecule has 1 aliphatic rings. The highest BCUT2D eigenvalue weighted by Gasteiger charge is 2.30. The van der Waals surface area contributed by atoms with Gasteiger partial charge < -0.3 is 10.8 Å². The number of aliphatic hydroxyl groups excluding tert-OH is 1. The molecular weight excluding hydrogens is 217 g/mol. The fraction of sp³-hybridized carbons (Fsp3) is 0.571. The third kappa shape index (κ3) is 2.85. The van der Waals surface area contributed by atoms with Gasteiger partial charge in [-0.05, 0) is 43.0 Å². The lowest BCUT2D eigenvalue weighted by Gasteiger charge is -2.34. The number of hydrogen-bond acceptors (Lipinski definition) is 2. The van der Waals surface area contributed by atoms with Gasteiger partial charge in [-0.2, -0.15) is 0 Å². The maximum atomic E-state index is 12.9. The molecule has 1 saturated carbocycles. The number of hydrogen-bond donors (Lipinski definition) is 2. The number of rotatable bonds is 3. The highest BCUT2D eigenvalue weighted by Crippen LogP contribution is 2.35. The molecule has 0 spiro atoms. The van der Waals surface area contributed by atoms with Crippen molar-refractivity contribution in [2.75, 3.05) is 6.54 Å². The monoisotopic (exact) mass is 237 g/mol. The predicted molar refractivity (Wildman–Crippen MR) is 66.2 cm³/mol. The van der Waals surface area contributed by atoms with Crippen LogP contribution in [0.4, 0.5) is 4.39 Å². The molecule has 0 heterocycles. The molecule has 3 heteroatoms. The van der Waals surface area contributed by atoms with Crippen LogP contribution < -0.4 is 5.73 Å². The minimum Gasteiger partial charge on any atom is -0.393 e. The van der Waals surface area contributed by atoms with E-state index < -0.39 is 0 Å². The van der Waals surface area contributed by atoms with Crippen molar-refractivity contribution in [1.82, 2.24) is 0 Å². The molecule has 1 aliphatic carbocycles. The minimum absolute atomic E-state index is 0.144. The van der Waals surface area contributed by atoms with Gasteiger partial charge in [-0.25, -0.2) is 4.39 Å². The lowest BCUT2D eigenvalue weighted by atomic mass is 9.75. The molecule has 0 amide bonds. The molecule has 1 aromatic rings. The Labute approximate surface area is 102 Å². The van der Waals surface area contributed by atoms with E-state index in [1.807, 2.05) is 0 Å². The topological polar surface area (TPSA) is 46.2 Å². The van der Waals surface area contributed by atoms with Gasteiger partial charge >= 0.3 is 0 Å². The van der Waals surface area contributed by atoms with Crippen molar-refractivity contribution >= 4 is 0 Å². The number of halogens is 1. The fourth-order valence-electron chi connectivity index (χ4n) is 2.88. The molecule has 1 aromatic carbocycles. The van der Waals surface area contributed by atoms with Crippen LogP contribution in [0.3, 0.4) is 0 Å². The summed E-state index contributed by atoms with van der Waals surface area (Å²) in [6.45, 7) is 0.507. The second-order valence-electron chi connectivity index (χ2n) is 4.91. The van der Waals surface area contributed by atoms with Crippen molar-refractivity contribution in [2.24, 2.45) is 11.7 Å². The molecule has 94 valence electrons. The van der Waals surface area contributed by atoms with E-state index in [0.29, 0.717) is 6.54 Å². The van der Waals surface area contributed by atoms with Crippen LogP contribution in [0.2, 0.25) is 0 Å². The van der Waals surface area contributed by atoms with E-state index in [4.69, 9.17) is 5.73 Å². The molecular formula is C14H20FNO. The van der Waals surface area contributed by atoms with Crippen LogP contribution in [0.25, 0.3) is 0 Å². The molecule has 3 N–H and O–H groups in total. The van der Waals surface area contributed by atoms with Gasteiger partial charge in [0.1, 0.15) is 5.82 Å². The smallest absolute Gasteiger partial charge is 0.123 e. The fourth-order valence-corrected chi connectivity index (χ4v) is 2.88. The predicted octanol–water partition coefficient (Wildman–Crippen LogP) is 2.42. The summed E-state index contributed by atoms with van der Waals surface area (Å²) in [5.41, 5.74) is 6.87. The van der Waals surface area contributed by atoms with Crippen LogP contribution in [0.5, 0.6) is 0 Å². The van der Waals surface area contributed by atoms with Crippen LogP contribution >= 0.6 is 0 Å². The SMILES string of the molecule is NC[C@@H](c1ccc(F)cc1)C1CCCC[C@@H]1O. The Morgan fingerprint density at radius 3 is 2.47 bits per heavy atom. The van der Waals surface area contributed by atoms with Gasteiger partial charge in [0.05, 0.1) is 6.10 Å². The summed E-state index contributed by atoms with van der Waals surface area (Å²) in [7, 11) is 0. The van der Waals surface area contributed by atoms with E-state index >= 15 is 0 Å². The van der Waals surface area contributed by atoms with Gasteiger partial charge in [-0.3, -0.25) is 0 Å². The third-order valence-electron chi connectivity index (χ3n) is 3.85. The first-order valence-electron chi connectivity index (χ1n) is 6.36. The van der Waals surface area contributed by atoms with Crippen LogP contribution in [0.15, 0.2) is 24.3 Å². The molecule has 0 radical (unpaired) electrons. The first-order chi connectivity index (χ1) is 8.22. The normalized spacial score (nSPS) is 26.8. The van der Waals surface area contributed by atoms with Gasteiger partial charge in [0.15, 0.2) is 0 Å².